The molecular formula is C29H42N6O5S2. The second kappa shape index (κ2) is 18.1. The highest BCUT2D eigenvalue weighted by molar-refractivity contribution is 7.80. The van der Waals surface area contributed by atoms with E-state index in [4.69, 9.17) is 18.0 Å². The molecule has 5 amide bonds. The van der Waals surface area contributed by atoms with Crippen LogP contribution in [0, 0.1) is 0 Å². The van der Waals surface area contributed by atoms with Gasteiger partial charge in [-0.25, -0.2) is 0 Å². The molecule has 0 aliphatic heterocycles. The quantitative estimate of drug-likeness (QED) is 0.109. The third-order valence-corrected chi connectivity index (χ3v) is 7.72. The molecule has 0 saturated heterocycles. The molecular weight excluding hydrogens is 576 g/mol. The number of thiophene rings is 1. The van der Waals surface area contributed by atoms with Crippen molar-refractivity contribution in [3.05, 3.63) is 35.2 Å². The van der Waals surface area contributed by atoms with E-state index in [1.165, 1.54) is 13.8 Å². The van der Waals surface area contributed by atoms with Crippen molar-refractivity contribution in [2.45, 2.75) is 83.8 Å². The Kier molecular flexibility index (Phi) is 14.9. The first kappa shape index (κ1) is 34.6. The molecule has 230 valence electrons. The molecule has 42 heavy (non-hydrogen) atoms. The standard InChI is InChI=1S/C29H42N6O5S2/c1-18(36)31-14-8-6-11-23(27(30)38)34-28(39)24(12-7-9-15-32-20(3)41)35-29(40)25(33-19(2)37)16-21-17-42-26-13-5-4-10-22(21)26/h4-5,10,13,17,23-25H,6-9,11-12,14-16H2,1-3H3,(H2,30,38)(H,31,36)(H,32,41)(H,33,37)(H,34,39)(H,35,40)/t23-,24-,25-/m0/s1. The summed E-state index contributed by atoms with van der Waals surface area (Å²) in [5, 5.41) is 16.9. The van der Waals surface area contributed by atoms with Crippen molar-refractivity contribution >= 4 is 68.2 Å². The van der Waals surface area contributed by atoms with Gasteiger partial charge in [0.05, 0.1) is 4.99 Å². The SMILES string of the molecule is CC(=O)NCCCC[C@H](NC(=O)[C@H](CCCCNC(C)=S)NC(=O)[C@H](Cc1csc2ccccc12)NC(C)=O)C(N)=O. The zero-order valence-electron chi connectivity index (χ0n) is 24.4. The van der Waals surface area contributed by atoms with E-state index in [2.05, 4.69) is 26.6 Å². The van der Waals surface area contributed by atoms with Crippen molar-refractivity contribution in [1.29, 1.82) is 0 Å². The zero-order valence-corrected chi connectivity index (χ0v) is 26.1. The highest BCUT2D eigenvalue weighted by Gasteiger charge is 2.29. The zero-order chi connectivity index (χ0) is 31.1. The molecule has 0 fully saturated rings. The lowest BCUT2D eigenvalue weighted by molar-refractivity contribution is -0.133. The van der Waals surface area contributed by atoms with Crippen LogP contribution in [0.25, 0.3) is 10.1 Å². The fourth-order valence-corrected chi connectivity index (χ4v) is 5.52. The van der Waals surface area contributed by atoms with Gasteiger partial charge < -0.3 is 32.3 Å². The highest BCUT2D eigenvalue weighted by atomic mass is 32.1. The predicted octanol–water partition coefficient (Wildman–Crippen LogP) is 1.82. The van der Waals surface area contributed by atoms with Crippen LogP contribution in [-0.4, -0.2) is 65.7 Å². The van der Waals surface area contributed by atoms with E-state index in [-0.39, 0.29) is 18.2 Å². The summed E-state index contributed by atoms with van der Waals surface area (Å²) in [6, 6.07) is 5.02. The van der Waals surface area contributed by atoms with Crippen LogP contribution in [0.1, 0.15) is 64.9 Å². The molecule has 1 heterocycles. The molecule has 0 unspecified atom stereocenters. The van der Waals surface area contributed by atoms with Crippen LogP contribution in [0.5, 0.6) is 0 Å². The van der Waals surface area contributed by atoms with Crippen molar-refractivity contribution in [3.8, 4) is 0 Å². The van der Waals surface area contributed by atoms with Crippen LogP contribution in [0.15, 0.2) is 29.6 Å². The Morgan fingerprint density at radius 3 is 2.00 bits per heavy atom. The maximum absolute atomic E-state index is 13.5. The molecule has 0 saturated carbocycles. The van der Waals surface area contributed by atoms with Gasteiger partial charge in [-0.05, 0) is 67.8 Å². The van der Waals surface area contributed by atoms with Gasteiger partial charge in [0.1, 0.15) is 18.1 Å². The van der Waals surface area contributed by atoms with Crippen molar-refractivity contribution in [1.82, 2.24) is 26.6 Å². The predicted molar refractivity (Wildman–Crippen MR) is 169 cm³/mol. The van der Waals surface area contributed by atoms with Gasteiger partial charge in [0.2, 0.25) is 29.5 Å². The molecule has 13 heteroatoms. The van der Waals surface area contributed by atoms with Crippen LogP contribution < -0.4 is 32.3 Å². The number of rotatable bonds is 18. The number of nitrogens with one attached hydrogen (secondary N) is 5. The fourth-order valence-electron chi connectivity index (χ4n) is 4.44. The molecule has 0 aliphatic carbocycles. The average molecular weight is 619 g/mol. The smallest absolute Gasteiger partial charge is 0.243 e. The number of thiocarbonyl (C=S) groups is 1. The molecule has 0 bridgehead atoms. The van der Waals surface area contributed by atoms with E-state index >= 15 is 0 Å². The van der Waals surface area contributed by atoms with Gasteiger partial charge in [0, 0.05) is 38.1 Å². The highest BCUT2D eigenvalue weighted by Crippen LogP contribution is 2.26. The van der Waals surface area contributed by atoms with Gasteiger partial charge in [-0.15, -0.1) is 11.3 Å². The maximum atomic E-state index is 13.5. The second-order valence-corrected chi connectivity index (χ2v) is 11.7. The van der Waals surface area contributed by atoms with E-state index in [1.54, 1.807) is 18.3 Å². The minimum absolute atomic E-state index is 0.144. The first-order valence-electron chi connectivity index (χ1n) is 14.1. The number of unbranched alkanes of at least 4 members (excludes halogenated alkanes) is 2. The van der Waals surface area contributed by atoms with Crippen molar-refractivity contribution in [2.24, 2.45) is 5.73 Å². The minimum Gasteiger partial charge on any atom is -0.380 e. The van der Waals surface area contributed by atoms with E-state index in [0.717, 1.165) is 15.6 Å². The first-order chi connectivity index (χ1) is 20.0. The Labute approximate surface area is 256 Å². The van der Waals surface area contributed by atoms with E-state index in [1.807, 2.05) is 29.6 Å². The molecule has 0 aliphatic rings. The molecule has 1 aromatic heterocycles. The molecule has 2 aromatic rings. The normalized spacial score (nSPS) is 12.9. The summed E-state index contributed by atoms with van der Waals surface area (Å²) in [6.45, 7) is 5.62. The minimum atomic E-state index is -0.956. The van der Waals surface area contributed by atoms with Gasteiger partial charge in [-0.1, -0.05) is 30.4 Å². The third-order valence-electron chi connectivity index (χ3n) is 6.56. The number of amides is 5. The lowest BCUT2D eigenvalue weighted by Gasteiger charge is -2.25. The summed E-state index contributed by atoms with van der Waals surface area (Å²) in [4.78, 5) is 62.7. The van der Waals surface area contributed by atoms with E-state index < -0.39 is 35.8 Å². The molecule has 2 rings (SSSR count). The van der Waals surface area contributed by atoms with Crippen molar-refractivity contribution in [2.75, 3.05) is 13.1 Å². The number of nitrogens with two attached hydrogens (primary N) is 1. The number of benzene rings is 1. The number of carbonyl (C=O) groups excluding carboxylic acids is 5. The lowest BCUT2D eigenvalue weighted by atomic mass is 10.0. The molecule has 0 radical (unpaired) electrons. The first-order valence-corrected chi connectivity index (χ1v) is 15.4. The molecule has 0 spiro atoms. The summed E-state index contributed by atoms with van der Waals surface area (Å²) >= 11 is 6.60. The van der Waals surface area contributed by atoms with Crippen LogP contribution in [0.4, 0.5) is 0 Å². The van der Waals surface area contributed by atoms with Crippen LogP contribution in [-0.2, 0) is 30.4 Å². The summed E-state index contributed by atoms with van der Waals surface area (Å²) in [5.41, 5.74) is 6.48. The number of hydrogen-bond acceptors (Lipinski definition) is 7. The molecule has 11 nitrogen and oxygen atoms in total. The molecule has 3 atom stereocenters. The van der Waals surface area contributed by atoms with Gasteiger partial charge >= 0.3 is 0 Å². The summed E-state index contributed by atoms with van der Waals surface area (Å²) in [7, 11) is 0. The van der Waals surface area contributed by atoms with E-state index in [9.17, 15) is 24.0 Å². The number of fused-ring (bicyclic) bond motifs is 1. The van der Waals surface area contributed by atoms with Crippen molar-refractivity contribution < 1.29 is 24.0 Å². The van der Waals surface area contributed by atoms with Gasteiger partial charge in [-0.3, -0.25) is 24.0 Å². The average Bonchev–Trinajstić information content (AvgIpc) is 3.32. The second-order valence-electron chi connectivity index (χ2n) is 10.2. The summed E-state index contributed by atoms with van der Waals surface area (Å²) in [5.74, 6) is -2.23. The topological polar surface area (TPSA) is 172 Å². The number of primary amides is 1. The Balaban J connectivity index is 2.14. The maximum Gasteiger partial charge on any atom is 0.243 e. The van der Waals surface area contributed by atoms with Crippen LogP contribution >= 0.6 is 23.6 Å². The molecule has 1 aromatic carbocycles. The third kappa shape index (κ3) is 12.5. The van der Waals surface area contributed by atoms with Gasteiger partial charge in [0.25, 0.3) is 0 Å². The van der Waals surface area contributed by atoms with E-state index in [0.29, 0.717) is 56.6 Å². The lowest BCUT2D eigenvalue weighted by Crippen LogP contribution is -2.56. The Hall–Kier alpha value is -3.58. The van der Waals surface area contributed by atoms with Crippen LogP contribution in [0.2, 0.25) is 0 Å². The van der Waals surface area contributed by atoms with Gasteiger partial charge in [-0.2, -0.15) is 0 Å². The Bertz CT molecular complexity index is 1250. The van der Waals surface area contributed by atoms with Gasteiger partial charge in [0.15, 0.2) is 0 Å². The summed E-state index contributed by atoms with van der Waals surface area (Å²) < 4.78 is 1.07. The number of carbonyl (C=O) groups is 5. The Morgan fingerprint density at radius 2 is 1.38 bits per heavy atom. The molecule has 7 N–H and O–H groups in total. The monoisotopic (exact) mass is 618 g/mol. The van der Waals surface area contributed by atoms with Crippen molar-refractivity contribution in [3.63, 3.8) is 0 Å². The largest absolute Gasteiger partial charge is 0.380 e. The fraction of sp³-hybridized carbons (Fsp3) is 0.517. The van der Waals surface area contributed by atoms with Crippen LogP contribution in [0.3, 0.4) is 0 Å². The number of hydrogen-bond donors (Lipinski definition) is 6. The Morgan fingerprint density at radius 1 is 0.786 bits per heavy atom. The summed E-state index contributed by atoms with van der Waals surface area (Å²) in [6.07, 6.45) is 3.29.